The lowest BCUT2D eigenvalue weighted by Gasteiger charge is -2.26. The van der Waals surface area contributed by atoms with Crippen LogP contribution in [0.15, 0.2) is 23.3 Å². The summed E-state index contributed by atoms with van der Waals surface area (Å²) >= 11 is 0. The molecule has 0 aliphatic carbocycles. The topological polar surface area (TPSA) is 118 Å². The Morgan fingerprint density at radius 3 is 2.76 bits per heavy atom. The highest BCUT2D eigenvalue weighted by molar-refractivity contribution is 5.90. The first-order valence-corrected chi connectivity index (χ1v) is 6.68. The molecular formula is C14H19N5O2. The van der Waals surface area contributed by atoms with Crippen LogP contribution >= 0.6 is 0 Å². The van der Waals surface area contributed by atoms with Crippen molar-refractivity contribution in [1.82, 2.24) is 9.97 Å². The monoisotopic (exact) mass is 289 g/mol. The van der Waals surface area contributed by atoms with Gasteiger partial charge in [0.2, 0.25) is 5.91 Å². The summed E-state index contributed by atoms with van der Waals surface area (Å²) in [7, 11) is 0. The fourth-order valence-electron chi connectivity index (χ4n) is 2.27. The number of hydrogen-bond acceptors (Lipinski definition) is 5. The van der Waals surface area contributed by atoms with Crippen LogP contribution in [0.3, 0.4) is 0 Å². The van der Waals surface area contributed by atoms with Gasteiger partial charge in [-0.1, -0.05) is 13.8 Å². The van der Waals surface area contributed by atoms with Crippen LogP contribution in [0.5, 0.6) is 0 Å². The second kappa shape index (κ2) is 5.82. The van der Waals surface area contributed by atoms with E-state index >= 15 is 0 Å². The van der Waals surface area contributed by atoms with E-state index in [4.69, 9.17) is 11.5 Å². The van der Waals surface area contributed by atoms with Gasteiger partial charge in [-0.15, -0.1) is 0 Å². The minimum Gasteiger partial charge on any atom is -0.397 e. The molecule has 2 aromatic rings. The molecule has 21 heavy (non-hydrogen) atoms. The van der Waals surface area contributed by atoms with Gasteiger partial charge in [-0.3, -0.25) is 9.59 Å². The van der Waals surface area contributed by atoms with E-state index in [-0.39, 0.29) is 12.1 Å². The molecule has 0 aliphatic heterocycles. The zero-order chi connectivity index (χ0) is 15.6. The number of nitrogens with one attached hydrogen (secondary N) is 1. The Labute approximate surface area is 122 Å². The van der Waals surface area contributed by atoms with Crippen LogP contribution in [0.25, 0.3) is 10.9 Å². The van der Waals surface area contributed by atoms with Crippen LogP contribution in [0.2, 0.25) is 0 Å². The van der Waals surface area contributed by atoms with Crippen molar-refractivity contribution in [2.45, 2.75) is 13.8 Å². The maximum absolute atomic E-state index is 11.7. The van der Waals surface area contributed by atoms with Crippen LogP contribution in [-0.4, -0.2) is 29.0 Å². The minimum atomic E-state index is -0.436. The van der Waals surface area contributed by atoms with Gasteiger partial charge in [0.15, 0.2) is 0 Å². The third kappa shape index (κ3) is 3.31. The molecule has 7 nitrogen and oxygen atoms in total. The van der Waals surface area contributed by atoms with E-state index in [0.29, 0.717) is 34.7 Å². The fraction of sp³-hybridized carbons (Fsp3) is 0.357. The lowest BCUT2D eigenvalue weighted by Crippen LogP contribution is -2.36. The highest BCUT2D eigenvalue weighted by atomic mass is 16.1. The standard InChI is InChI=1S/C14H19N5O2/c1-8(2)5-19(6-13(16)20)12-4-11-9(3-10(12)15)14(21)18-7-17-11/h3-4,7-8H,5-6,15H2,1-2H3,(H2,16,20)(H,17,18,21). The van der Waals surface area contributed by atoms with Gasteiger partial charge in [-0.2, -0.15) is 0 Å². The Bertz CT molecular complexity index is 723. The van der Waals surface area contributed by atoms with Crippen LogP contribution < -0.4 is 21.9 Å². The van der Waals surface area contributed by atoms with Gasteiger partial charge in [0.1, 0.15) is 0 Å². The Morgan fingerprint density at radius 2 is 2.14 bits per heavy atom. The van der Waals surface area contributed by atoms with Crippen LogP contribution in [0.1, 0.15) is 13.8 Å². The summed E-state index contributed by atoms with van der Waals surface area (Å²) in [5.41, 5.74) is 12.7. The predicted octanol–water partition coefficient (Wildman–Crippen LogP) is 0.453. The maximum Gasteiger partial charge on any atom is 0.258 e. The number of nitrogens with two attached hydrogens (primary N) is 2. The number of nitrogens with zero attached hydrogens (tertiary/aromatic N) is 2. The van der Waals surface area contributed by atoms with Gasteiger partial charge in [0, 0.05) is 6.54 Å². The van der Waals surface area contributed by atoms with Gasteiger partial charge >= 0.3 is 0 Å². The molecule has 1 aromatic heterocycles. The summed E-state index contributed by atoms with van der Waals surface area (Å²) in [4.78, 5) is 31.4. The number of fused-ring (bicyclic) bond motifs is 1. The maximum atomic E-state index is 11.7. The van der Waals surface area contributed by atoms with Crippen molar-refractivity contribution in [2.24, 2.45) is 11.7 Å². The van der Waals surface area contributed by atoms with Crippen molar-refractivity contribution in [3.8, 4) is 0 Å². The lowest BCUT2D eigenvalue weighted by atomic mass is 10.1. The largest absolute Gasteiger partial charge is 0.397 e. The van der Waals surface area contributed by atoms with E-state index in [0.717, 1.165) is 0 Å². The van der Waals surface area contributed by atoms with Gasteiger partial charge in [0.05, 0.1) is 35.1 Å². The Balaban J connectivity index is 2.54. The first kappa shape index (κ1) is 14.8. The van der Waals surface area contributed by atoms with Crippen molar-refractivity contribution in [3.63, 3.8) is 0 Å². The molecule has 0 saturated heterocycles. The quantitative estimate of drug-likeness (QED) is 0.691. The number of benzene rings is 1. The van der Waals surface area contributed by atoms with Gasteiger partial charge in [-0.05, 0) is 18.1 Å². The van der Waals surface area contributed by atoms with Crippen LogP contribution in [0, 0.1) is 5.92 Å². The second-order valence-corrected chi connectivity index (χ2v) is 5.40. The average molecular weight is 289 g/mol. The number of aromatic amines is 1. The Kier molecular flexibility index (Phi) is 4.11. The Morgan fingerprint density at radius 1 is 1.43 bits per heavy atom. The average Bonchev–Trinajstić information content (AvgIpc) is 2.37. The molecule has 0 bridgehead atoms. The third-order valence-corrected chi connectivity index (χ3v) is 3.06. The molecule has 5 N–H and O–H groups in total. The lowest BCUT2D eigenvalue weighted by molar-refractivity contribution is -0.116. The molecule has 0 fully saturated rings. The Hall–Kier alpha value is -2.57. The first-order chi connectivity index (χ1) is 9.88. The zero-order valence-corrected chi connectivity index (χ0v) is 12.1. The number of carbonyl (C=O) groups excluding carboxylic acids is 1. The van der Waals surface area contributed by atoms with E-state index in [9.17, 15) is 9.59 Å². The normalized spacial score (nSPS) is 11.0. The zero-order valence-electron chi connectivity index (χ0n) is 12.1. The number of hydrogen-bond donors (Lipinski definition) is 3. The SMILES string of the molecule is CC(C)CN(CC(N)=O)c1cc2nc[nH]c(=O)c2cc1N. The molecule has 1 amide bonds. The van der Waals surface area contributed by atoms with Crippen molar-refractivity contribution < 1.29 is 4.79 Å². The summed E-state index contributed by atoms with van der Waals surface area (Å²) in [5, 5.41) is 0.419. The molecule has 1 aromatic carbocycles. The molecule has 0 radical (unpaired) electrons. The van der Waals surface area contributed by atoms with Gasteiger partial charge in [0.25, 0.3) is 5.56 Å². The highest BCUT2D eigenvalue weighted by Gasteiger charge is 2.16. The third-order valence-electron chi connectivity index (χ3n) is 3.06. The van der Waals surface area contributed by atoms with Crippen molar-refractivity contribution >= 4 is 28.2 Å². The molecule has 1 heterocycles. The number of aromatic nitrogens is 2. The molecule has 0 unspecified atom stereocenters. The van der Waals surface area contributed by atoms with Crippen molar-refractivity contribution in [1.29, 1.82) is 0 Å². The summed E-state index contributed by atoms with van der Waals surface area (Å²) in [6.07, 6.45) is 1.34. The first-order valence-electron chi connectivity index (χ1n) is 6.68. The summed E-state index contributed by atoms with van der Waals surface area (Å²) in [6, 6.07) is 3.29. The van der Waals surface area contributed by atoms with E-state index in [1.54, 1.807) is 12.1 Å². The molecule has 112 valence electrons. The van der Waals surface area contributed by atoms with Crippen molar-refractivity contribution in [3.05, 3.63) is 28.8 Å². The minimum absolute atomic E-state index is 0.0665. The summed E-state index contributed by atoms with van der Waals surface area (Å²) < 4.78 is 0. The number of nitrogen functional groups attached to an aromatic ring is 1. The summed E-state index contributed by atoms with van der Waals surface area (Å²) in [5.74, 6) is -0.111. The second-order valence-electron chi connectivity index (χ2n) is 5.40. The number of primary amides is 1. The fourth-order valence-corrected chi connectivity index (χ4v) is 2.27. The number of H-pyrrole nitrogens is 1. The highest BCUT2D eigenvalue weighted by Crippen LogP contribution is 2.27. The smallest absolute Gasteiger partial charge is 0.258 e. The molecular weight excluding hydrogens is 270 g/mol. The van der Waals surface area contributed by atoms with Crippen molar-refractivity contribution in [2.75, 3.05) is 23.7 Å². The number of carbonyl (C=O) groups is 1. The van der Waals surface area contributed by atoms with Crippen LogP contribution in [0.4, 0.5) is 11.4 Å². The van der Waals surface area contributed by atoms with E-state index in [1.165, 1.54) is 6.33 Å². The number of rotatable bonds is 5. The number of anilines is 2. The molecule has 0 spiro atoms. The number of amides is 1. The van der Waals surface area contributed by atoms with Crippen LogP contribution in [-0.2, 0) is 4.79 Å². The van der Waals surface area contributed by atoms with Gasteiger partial charge in [-0.25, -0.2) is 4.98 Å². The summed E-state index contributed by atoms with van der Waals surface area (Å²) in [6.45, 7) is 4.77. The molecule has 0 atom stereocenters. The van der Waals surface area contributed by atoms with E-state index in [1.807, 2.05) is 18.7 Å². The van der Waals surface area contributed by atoms with E-state index < -0.39 is 5.91 Å². The molecule has 0 saturated carbocycles. The predicted molar refractivity (Wildman–Crippen MR) is 83.0 cm³/mol. The molecule has 2 rings (SSSR count). The van der Waals surface area contributed by atoms with Gasteiger partial charge < -0.3 is 21.4 Å². The van der Waals surface area contributed by atoms with E-state index in [2.05, 4.69) is 9.97 Å². The molecule has 7 heteroatoms. The molecule has 0 aliphatic rings.